The molecule has 5 rings (SSSR count). The molecule has 2 unspecified atom stereocenters. The van der Waals surface area contributed by atoms with Crippen molar-refractivity contribution in [3.63, 3.8) is 0 Å². The molecule has 2 fully saturated rings. The molecule has 2 saturated heterocycles. The maximum Gasteiger partial charge on any atom is 0.347 e. The molecule has 3 aromatic rings. The highest BCUT2D eigenvalue weighted by molar-refractivity contribution is 5.85. The van der Waals surface area contributed by atoms with E-state index in [0.29, 0.717) is 36.1 Å². The van der Waals surface area contributed by atoms with Gasteiger partial charge in [0.2, 0.25) is 5.60 Å². The van der Waals surface area contributed by atoms with Crippen molar-refractivity contribution in [2.45, 2.75) is 68.9 Å². The van der Waals surface area contributed by atoms with Crippen molar-refractivity contribution in [1.82, 2.24) is 0 Å². The van der Waals surface area contributed by atoms with Gasteiger partial charge in [0.25, 0.3) is 0 Å². The van der Waals surface area contributed by atoms with Gasteiger partial charge in [0.05, 0.1) is 26.2 Å². The largest absolute Gasteiger partial charge is 0.469 e. The monoisotopic (exact) mass is 528 g/mol. The molecule has 0 radical (unpaired) electrons. The third-order valence-corrected chi connectivity index (χ3v) is 8.92. The minimum atomic E-state index is -1.85. The molecule has 0 aliphatic carbocycles. The Labute approximate surface area is 230 Å². The minimum absolute atomic E-state index is 0.191. The van der Waals surface area contributed by atoms with Crippen molar-refractivity contribution in [2.24, 2.45) is 0 Å². The first-order valence-corrected chi connectivity index (χ1v) is 13.9. The number of nitrogens with zero attached hydrogens (tertiary/aromatic N) is 1. The molecule has 6 nitrogen and oxygen atoms in total. The first-order chi connectivity index (χ1) is 18.8. The summed E-state index contributed by atoms with van der Waals surface area (Å²) in [6.07, 6.45) is 4.63. The lowest BCUT2D eigenvalue weighted by molar-refractivity contribution is -0.961. The molecule has 0 amide bonds. The van der Waals surface area contributed by atoms with Crippen LogP contribution < -0.4 is 0 Å². The highest BCUT2D eigenvalue weighted by Gasteiger charge is 2.53. The van der Waals surface area contributed by atoms with E-state index in [0.717, 1.165) is 42.3 Å². The number of methoxy groups -OCH3 is 1. The van der Waals surface area contributed by atoms with Crippen LogP contribution in [0.1, 0.15) is 54.4 Å². The Bertz CT molecular complexity index is 1220. The van der Waals surface area contributed by atoms with E-state index >= 15 is 0 Å². The zero-order valence-electron chi connectivity index (χ0n) is 22.8. The maximum absolute atomic E-state index is 13.7. The van der Waals surface area contributed by atoms with Gasteiger partial charge < -0.3 is 19.1 Å². The molecule has 2 aliphatic rings. The first-order valence-electron chi connectivity index (χ1n) is 13.9. The second-order valence-electron chi connectivity index (χ2n) is 11.2. The van der Waals surface area contributed by atoms with E-state index in [1.54, 1.807) is 24.3 Å². The van der Waals surface area contributed by atoms with Gasteiger partial charge >= 0.3 is 11.9 Å². The van der Waals surface area contributed by atoms with Gasteiger partial charge in [0.15, 0.2) is 0 Å². The van der Waals surface area contributed by atoms with Crippen LogP contribution in [0.3, 0.4) is 0 Å². The highest BCUT2D eigenvalue weighted by atomic mass is 16.6. The molecule has 0 aromatic heterocycles. The molecule has 39 heavy (non-hydrogen) atoms. The zero-order chi connectivity index (χ0) is 27.5. The highest BCUT2D eigenvalue weighted by Crippen LogP contribution is 2.44. The molecule has 2 bridgehead atoms. The van der Waals surface area contributed by atoms with Gasteiger partial charge in [-0.15, -0.1) is 0 Å². The van der Waals surface area contributed by atoms with Crippen LogP contribution in [-0.4, -0.2) is 53.9 Å². The molecule has 3 aromatic carbocycles. The van der Waals surface area contributed by atoms with Crippen molar-refractivity contribution < 1.29 is 28.7 Å². The Balaban J connectivity index is 1.27. The van der Waals surface area contributed by atoms with E-state index in [9.17, 15) is 14.7 Å². The lowest BCUT2D eigenvalue weighted by Gasteiger charge is -2.47. The van der Waals surface area contributed by atoms with E-state index < -0.39 is 11.6 Å². The number of carbonyl (C=O) groups excluding carboxylic acids is 2. The second-order valence-corrected chi connectivity index (χ2v) is 11.2. The standard InChI is InChI=1S/C33H38NO5/c1-34(23-25-15-13-24(14-16-25)17-20-31(35)38-2)28-18-19-29(34)22-30(21-28)39-32(36)33(37,26-9-5-3-6-10-26)27-11-7-4-8-12-27/h3-16,28-30,37H,17-23H2,1-2H3/q+1/t28-,29+,30?,34?. The van der Waals surface area contributed by atoms with Gasteiger partial charge in [-0.3, -0.25) is 4.79 Å². The SMILES string of the molecule is COC(=O)CCc1ccc(C[N+]2(C)[C@@H]3CC[C@H]2CC(OC(=O)C(O)(c2ccccc2)c2ccccc2)C3)cc1. The Kier molecular flexibility index (Phi) is 7.87. The number of hydrogen-bond donors (Lipinski definition) is 1. The smallest absolute Gasteiger partial charge is 0.347 e. The quantitative estimate of drug-likeness (QED) is 0.316. The van der Waals surface area contributed by atoms with E-state index in [1.165, 1.54) is 12.7 Å². The van der Waals surface area contributed by atoms with E-state index in [-0.39, 0.29) is 12.1 Å². The third-order valence-electron chi connectivity index (χ3n) is 8.92. The summed E-state index contributed by atoms with van der Waals surface area (Å²) >= 11 is 0. The molecule has 2 aliphatic heterocycles. The summed E-state index contributed by atoms with van der Waals surface area (Å²) < 4.78 is 11.8. The van der Waals surface area contributed by atoms with Crippen molar-refractivity contribution in [3.8, 4) is 0 Å². The molecule has 6 heteroatoms. The fraction of sp³-hybridized carbons (Fsp3) is 0.394. The fourth-order valence-corrected chi connectivity index (χ4v) is 6.60. The summed E-state index contributed by atoms with van der Waals surface area (Å²) in [7, 11) is 3.75. The maximum atomic E-state index is 13.7. The van der Waals surface area contributed by atoms with Crippen molar-refractivity contribution in [2.75, 3.05) is 14.2 Å². The number of piperidine rings is 1. The second kappa shape index (κ2) is 11.3. The number of esters is 2. The molecular weight excluding hydrogens is 490 g/mol. The van der Waals surface area contributed by atoms with Crippen molar-refractivity contribution in [1.29, 1.82) is 0 Å². The topological polar surface area (TPSA) is 72.8 Å². The summed E-state index contributed by atoms with van der Waals surface area (Å²) in [6.45, 7) is 0.922. The number of fused-ring (bicyclic) bond motifs is 2. The summed E-state index contributed by atoms with van der Waals surface area (Å²) in [5, 5.41) is 11.8. The van der Waals surface area contributed by atoms with Crippen LogP contribution in [0.25, 0.3) is 0 Å². The van der Waals surface area contributed by atoms with Crippen LogP contribution in [0.4, 0.5) is 0 Å². The van der Waals surface area contributed by atoms with Crippen molar-refractivity contribution in [3.05, 3.63) is 107 Å². The predicted octanol–water partition coefficient (Wildman–Crippen LogP) is 4.91. The first kappa shape index (κ1) is 27.1. The Hall–Kier alpha value is -3.48. The molecule has 2 heterocycles. The van der Waals surface area contributed by atoms with E-state index in [4.69, 9.17) is 9.47 Å². The minimum Gasteiger partial charge on any atom is -0.469 e. The molecular formula is C33H38NO5+. The number of rotatable bonds is 9. The predicted molar refractivity (Wildman–Crippen MR) is 148 cm³/mol. The third kappa shape index (κ3) is 5.49. The van der Waals surface area contributed by atoms with Gasteiger partial charge in [0, 0.05) is 37.7 Å². The summed E-state index contributed by atoms with van der Waals surface area (Å²) in [6, 6.07) is 27.5. The summed E-state index contributed by atoms with van der Waals surface area (Å²) in [5.41, 5.74) is 1.57. The van der Waals surface area contributed by atoms with Gasteiger partial charge in [-0.05, 0) is 23.1 Å². The van der Waals surface area contributed by atoms with E-state index in [1.807, 2.05) is 36.4 Å². The van der Waals surface area contributed by atoms with Crippen molar-refractivity contribution >= 4 is 11.9 Å². The Morgan fingerprint density at radius 3 is 1.87 bits per heavy atom. The van der Waals surface area contributed by atoms with Gasteiger partial charge in [-0.25, -0.2) is 4.79 Å². The average Bonchev–Trinajstić information content (AvgIpc) is 3.12. The number of aryl methyl sites for hydroxylation is 1. The van der Waals surface area contributed by atoms with Gasteiger partial charge in [-0.2, -0.15) is 0 Å². The van der Waals surface area contributed by atoms with E-state index in [2.05, 4.69) is 31.3 Å². The number of carbonyl (C=O) groups is 2. The lowest BCUT2D eigenvalue weighted by atomic mass is 9.86. The van der Waals surface area contributed by atoms with Crippen LogP contribution in [0, 0.1) is 0 Å². The number of quaternary nitrogens is 1. The van der Waals surface area contributed by atoms with Crippen LogP contribution in [0.5, 0.6) is 0 Å². The zero-order valence-corrected chi connectivity index (χ0v) is 22.8. The van der Waals surface area contributed by atoms with Crippen LogP contribution in [0.2, 0.25) is 0 Å². The number of hydrogen-bond acceptors (Lipinski definition) is 5. The Morgan fingerprint density at radius 1 is 0.846 bits per heavy atom. The lowest BCUT2D eigenvalue weighted by Crippen LogP contribution is -2.58. The molecule has 1 N–H and O–H groups in total. The number of aliphatic hydroxyl groups is 1. The van der Waals surface area contributed by atoms with Crippen LogP contribution >= 0.6 is 0 Å². The molecule has 4 atom stereocenters. The normalized spacial score (nSPS) is 24.2. The fourth-order valence-electron chi connectivity index (χ4n) is 6.60. The number of benzene rings is 3. The summed E-state index contributed by atoms with van der Waals surface area (Å²) in [4.78, 5) is 25.1. The molecule has 0 saturated carbocycles. The Morgan fingerprint density at radius 2 is 1.36 bits per heavy atom. The van der Waals surface area contributed by atoms with Crippen LogP contribution in [-0.2, 0) is 37.6 Å². The van der Waals surface area contributed by atoms with Gasteiger partial charge in [-0.1, -0.05) is 84.9 Å². The molecule has 204 valence electrons. The average molecular weight is 529 g/mol. The molecule has 0 spiro atoms. The van der Waals surface area contributed by atoms with Gasteiger partial charge in [0.1, 0.15) is 12.6 Å². The summed E-state index contributed by atoms with van der Waals surface area (Å²) in [5.74, 6) is -0.800. The van der Waals surface area contributed by atoms with Crippen LogP contribution in [0.15, 0.2) is 84.9 Å². The number of ether oxygens (including phenoxy) is 2.